The lowest BCUT2D eigenvalue weighted by atomic mass is 10.1. The van der Waals surface area contributed by atoms with Gasteiger partial charge in [0.15, 0.2) is 11.5 Å². The van der Waals surface area contributed by atoms with Gasteiger partial charge >= 0.3 is 0 Å². The first kappa shape index (κ1) is 19.7. The van der Waals surface area contributed by atoms with Crippen LogP contribution in [0.5, 0.6) is 11.5 Å². The van der Waals surface area contributed by atoms with Gasteiger partial charge in [0.1, 0.15) is 0 Å². The van der Waals surface area contributed by atoms with Crippen molar-refractivity contribution in [3.63, 3.8) is 0 Å². The molecule has 0 unspecified atom stereocenters. The molecule has 0 bridgehead atoms. The van der Waals surface area contributed by atoms with Gasteiger partial charge in [-0.1, -0.05) is 18.2 Å². The predicted molar refractivity (Wildman–Crippen MR) is 107 cm³/mol. The molecule has 0 N–H and O–H groups in total. The van der Waals surface area contributed by atoms with E-state index in [1.165, 1.54) is 5.56 Å². The van der Waals surface area contributed by atoms with Gasteiger partial charge in [0, 0.05) is 32.7 Å². The average Bonchev–Trinajstić information content (AvgIpc) is 2.98. The lowest BCUT2D eigenvalue weighted by Crippen LogP contribution is -2.35. The number of hydrogen-bond acceptors (Lipinski definition) is 5. The topological polar surface area (TPSA) is 65.8 Å². The number of ether oxygens (including phenoxy) is 2. The van der Waals surface area contributed by atoms with Gasteiger partial charge in [-0.25, -0.2) is 0 Å². The minimum atomic E-state index is -0.0315. The molecule has 1 aliphatic heterocycles. The molecule has 0 atom stereocenters. The number of hydrogen-bond donors (Lipinski definition) is 0. The van der Waals surface area contributed by atoms with Gasteiger partial charge in [-0.3, -0.25) is 9.69 Å². The smallest absolute Gasteiger partial charge is 0.257 e. The number of benzene rings is 2. The van der Waals surface area contributed by atoms with E-state index in [0.29, 0.717) is 35.7 Å². The molecule has 2 aromatic carbocycles. The van der Waals surface area contributed by atoms with Crippen LogP contribution in [0.25, 0.3) is 0 Å². The van der Waals surface area contributed by atoms with Crippen molar-refractivity contribution in [3.05, 3.63) is 59.2 Å². The molecule has 6 nitrogen and oxygen atoms in total. The quantitative estimate of drug-likeness (QED) is 0.799. The van der Waals surface area contributed by atoms with E-state index < -0.39 is 0 Å². The van der Waals surface area contributed by atoms with E-state index in [-0.39, 0.29) is 5.91 Å². The van der Waals surface area contributed by atoms with Gasteiger partial charge in [0.2, 0.25) is 0 Å². The number of nitriles is 1. The fourth-order valence-corrected chi connectivity index (χ4v) is 3.50. The zero-order chi connectivity index (χ0) is 19.9. The fourth-order valence-electron chi connectivity index (χ4n) is 3.50. The van der Waals surface area contributed by atoms with Crippen molar-refractivity contribution >= 4 is 5.91 Å². The highest BCUT2D eigenvalue weighted by molar-refractivity contribution is 5.97. The molecule has 3 rings (SSSR count). The third-order valence-electron chi connectivity index (χ3n) is 5.00. The van der Waals surface area contributed by atoms with Crippen LogP contribution >= 0.6 is 0 Å². The highest BCUT2D eigenvalue weighted by atomic mass is 16.5. The maximum Gasteiger partial charge on any atom is 0.257 e. The second kappa shape index (κ2) is 9.25. The highest BCUT2D eigenvalue weighted by Gasteiger charge is 2.24. The fraction of sp³-hybridized carbons (Fsp3) is 0.364. The molecule has 0 radical (unpaired) electrons. The van der Waals surface area contributed by atoms with Crippen LogP contribution in [0.1, 0.15) is 27.9 Å². The lowest BCUT2D eigenvalue weighted by molar-refractivity contribution is 0.0757. The van der Waals surface area contributed by atoms with E-state index >= 15 is 0 Å². The van der Waals surface area contributed by atoms with E-state index in [2.05, 4.69) is 11.0 Å². The Kier molecular flexibility index (Phi) is 6.51. The molecule has 1 fully saturated rings. The van der Waals surface area contributed by atoms with Crippen molar-refractivity contribution in [3.8, 4) is 17.6 Å². The van der Waals surface area contributed by atoms with E-state index in [9.17, 15) is 4.79 Å². The first-order valence-electron chi connectivity index (χ1n) is 9.38. The Labute approximate surface area is 165 Å². The molecule has 0 saturated carbocycles. The SMILES string of the molecule is COc1cccc(C(=O)N2CCCN(Cc3ccc(C#N)cc3)CC2)c1OC. The van der Waals surface area contributed by atoms with Crippen molar-refractivity contribution in [1.29, 1.82) is 5.26 Å². The van der Waals surface area contributed by atoms with Crippen molar-refractivity contribution in [2.24, 2.45) is 0 Å². The summed E-state index contributed by atoms with van der Waals surface area (Å²) in [7, 11) is 3.12. The summed E-state index contributed by atoms with van der Waals surface area (Å²) >= 11 is 0. The molecule has 1 amide bonds. The van der Waals surface area contributed by atoms with Crippen LogP contribution in [-0.4, -0.2) is 56.1 Å². The van der Waals surface area contributed by atoms with E-state index in [1.807, 2.05) is 35.2 Å². The normalized spacial score (nSPS) is 14.8. The number of carbonyl (C=O) groups excluding carboxylic acids is 1. The molecule has 0 aromatic heterocycles. The molecule has 1 saturated heterocycles. The summed E-state index contributed by atoms with van der Waals surface area (Å²) in [6.45, 7) is 3.92. The lowest BCUT2D eigenvalue weighted by Gasteiger charge is -2.23. The number of nitrogens with zero attached hydrogens (tertiary/aromatic N) is 3. The third kappa shape index (κ3) is 4.44. The number of methoxy groups -OCH3 is 2. The Morgan fingerprint density at radius 2 is 1.82 bits per heavy atom. The molecule has 6 heteroatoms. The maximum atomic E-state index is 13.1. The largest absolute Gasteiger partial charge is 0.493 e. The average molecular weight is 379 g/mol. The Balaban J connectivity index is 1.66. The third-order valence-corrected chi connectivity index (χ3v) is 5.00. The van der Waals surface area contributed by atoms with Gasteiger partial charge in [0.05, 0.1) is 31.4 Å². The molecule has 146 valence electrons. The van der Waals surface area contributed by atoms with Gasteiger partial charge < -0.3 is 14.4 Å². The van der Waals surface area contributed by atoms with Gasteiger partial charge in [0.25, 0.3) is 5.91 Å². The van der Waals surface area contributed by atoms with Crippen molar-refractivity contribution in [2.75, 3.05) is 40.4 Å². The molecular weight excluding hydrogens is 354 g/mol. The van der Waals surface area contributed by atoms with Crippen molar-refractivity contribution < 1.29 is 14.3 Å². The summed E-state index contributed by atoms with van der Waals surface area (Å²) in [6.07, 6.45) is 0.911. The van der Waals surface area contributed by atoms with Crippen LogP contribution in [0.3, 0.4) is 0 Å². The van der Waals surface area contributed by atoms with Crippen LogP contribution in [0, 0.1) is 11.3 Å². The first-order valence-corrected chi connectivity index (χ1v) is 9.38. The zero-order valence-corrected chi connectivity index (χ0v) is 16.4. The van der Waals surface area contributed by atoms with E-state index in [4.69, 9.17) is 14.7 Å². The van der Waals surface area contributed by atoms with Gasteiger partial charge in [-0.2, -0.15) is 5.26 Å². The van der Waals surface area contributed by atoms with E-state index in [1.54, 1.807) is 26.4 Å². The van der Waals surface area contributed by atoms with Crippen LogP contribution in [0.2, 0.25) is 0 Å². The Hall–Kier alpha value is -3.04. The van der Waals surface area contributed by atoms with Gasteiger partial charge in [-0.05, 0) is 36.2 Å². The predicted octanol–water partition coefficient (Wildman–Crippen LogP) is 2.92. The number of carbonyl (C=O) groups is 1. The number of amides is 1. The Bertz CT molecular complexity index is 858. The summed E-state index contributed by atoms with van der Waals surface area (Å²) in [4.78, 5) is 17.3. The number of rotatable bonds is 5. The zero-order valence-electron chi connectivity index (χ0n) is 16.4. The first-order chi connectivity index (χ1) is 13.7. The summed E-state index contributed by atoms with van der Waals surface area (Å²) in [6, 6.07) is 15.2. The summed E-state index contributed by atoms with van der Waals surface area (Å²) in [5.74, 6) is 1.01. The summed E-state index contributed by atoms with van der Waals surface area (Å²) in [5, 5.41) is 8.92. The van der Waals surface area contributed by atoms with Crippen LogP contribution in [0.15, 0.2) is 42.5 Å². The maximum absolute atomic E-state index is 13.1. The molecule has 0 spiro atoms. The van der Waals surface area contributed by atoms with Crippen LogP contribution < -0.4 is 9.47 Å². The Morgan fingerprint density at radius 1 is 1.04 bits per heavy atom. The highest BCUT2D eigenvalue weighted by Crippen LogP contribution is 2.31. The standard InChI is InChI=1S/C22H25N3O3/c1-27-20-6-3-5-19(21(20)28-2)22(26)25-12-4-11-24(13-14-25)16-18-9-7-17(15-23)8-10-18/h3,5-10H,4,11-14,16H2,1-2H3. The molecule has 1 heterocycles. The van der Waals surface area contributed by atoms with E-state index in [0.717, 1.165) is 26.1 Å². The molecule has 1 aliphatic rings. The monoisotopic (exact) mass is 379 g/mol. The number of para-hydroxylation sites is 1. The van der Waals surface area contributed by atoms with Crippen LogP contribution in [-0.2, 0) is 6.54 Å². The summed E-state index contributed by atoms with van der Waals surface area (Å²) in [5.41, 5.74) is 2.37. The second-order valence-corrected chi connectivity index (χ2v) is 6.77. The molecule has 0 aliphatic carbocycles. The molecule has 28 heavy (non-hydrogen) atoms. The minimum Gasteiger partial charge on any atom is -0.493 e. The minimum absolute atomic E-state index is 0.0315. The van der Waals surface area contributed by atoms with Gasteiger partial charge in [-0.15, -0.1) is 0 Å². The van der Waals surface area contributed by atoms with Crippen molar-refractivity contribution in [2.45, 2.75) is 13.0 Å². The Morgan fingerprint density at radius 3 is 2.50 bits per heavy atom. The van der Waals surface area contributed by atoms with Crippen LogP contribution in [0.4, 0.5) is 0 Å². The molecule has 2 aromatic rings. The van der Waals surface area contributed by atoms with Crippen molar-refractivity contribution in [1.82, 2.24) is 9.80 Å². The second-order valence-electron chi connectivity index (χ2n) is 6.77. The molecular formula is C22H25N3O3. The summed E-state index contributed by atoms with van der Waals surface area (Å²) < 4.78 is 10.7.